The van der Waals surface area contributed by atoms with Gasteiger partial charge in [0.05, 0.1) is 0 Å². The first kappa shape index (κ1) is 17.9. The van der Waals surface area contributed by atoms with Crippen molar-refractivity contribution in [2.45, 2.75) is 32.7 Å². The highest BCUT2D eigenvalue weighted by atomic mass is 35.5. The van der Waals surface area contributed by atoms with E-state index in [2.05, 4.69) is 9.47 Å². The average Bonchev–Trinajstić information content (AvgIpc) is 2.11. The van der Waals surface area contributed by atoms with Gasteiger partial charge in [0.15, 0.2) is 0 Å². The smallest absolute Gasteiger partial charge is 0.330 e. The second-order valence-electron chi connectivity index (χ2n) is 3.02. The maximum atomic E-state index is 11.0. The van der Waals surface area contributed by atoms with Crippen molar-refractivity contribution in [3.8, 4) is 0 Å². The number of ether oxygens (including phenoxy) is 2. The summed E-state index contributed by atoms with van der Waals surface area (Å²) in [7, 11) is 0. The van der Waals surface area contributed by atoms with Crippen molar-refractivity contribution in [3.63, 3.8) is 0 Å². The molecule has 0 unspecified atom stereocenters. The Morgan fingerprint density at radius 3 is 1.94 bits per heavy atom. The molecule has 17 heavy (non-hydrogen) atoms. The van der Waals surface area contributed by atoms with E-state index < -0.39 is 29.9 Å². The van der Waals surface area contributed by atoms with Gasteiger partial charge < -0.3 is 15.2 Å². The molecule has 0 aliphatic heterocycles. The number of halogens is 1. The van der Waals surface area contributed by atoms with E-state index in [0.29, 0.717) is 0 Å². The molecule has 0 spiro atoms. The van der Waals surface area contributed by atoms with Crippen molar-refractivity contribution >= 4 is 36.3 Å². The van der Waals surface area contributed by atoms with Crippen LogP contribution in [0.5, 0.6) is 0 Å². The Balaban J connectivity index is 0. The maximum absolute atomic E-state index is 11.0. The summed E-state index contributed by atoms with van der Waals surface area (Å²) in [5, 5.41) is 0. The van der Waals surface area contributed by atoms with Crippen LogP contribution in [0.3, 0.4) is 0 Å². The second-order valence-corrected chi connectivity index (χ2v) is 3.02. The van der Waals surface area contributed by atoms with Crippen LogP contribution in [0.1, 0.15) is 26.7 Å². The molecule has 0 bridgehead atoms. The Hall–Kier alpha value is -1.47. The summed E-state index contributed by atoms with van der Waals surface area (Å²) in [5.41, 5.74) is 5.33. The summed E-state index contributed by atoms with van der Waals surface area (Å²) in [6.07, 6.45) is -0.258. The lowest BCUT2D eigenvalue weighted by molar-refractivity contribution is -0.159. The molecule has 0 fully saturated rings. The van der Waals surface area contributed by atoms with Crippen LogP contribution >= 0.6 is 12.4 Å². The molecular weight excluding hydrogens is 254 g/mol. The van der Waals surface area contributed by atoms with Gasteiger partial charge in [0, 0.05) is 20.3 Å². The molecule has 1 atom stereocenters. The molecule has 98 valence electrons. The first-order valence-electron chi connectivity index (χ1n) is 4.52. The van der Waals surface area contributed by atoms with Crippen LogP contribution in [0.15, 0.2) is 0 Å². The Morgan fingerprint density at radius 2 is 1.53 bits per heavy atom. The van der Waals surface area contributed by atoms with Crippen molar-refractivity contribution < 1.29 is 28.7 Å². The van der Waals surface area contributed by atoms with Crippen LogP contribution in [-0.4, -0.2) is 29.9 Å². The first-order chi connectivity index (χ1) is 7.32. The van der Waals surface area contributed by atoms with E-state index in [1.807, 2.05) is 0 Å². The molecule has 0 radical (unpaired) electrons. The Morgan fingerprint density at radius 1 is 1.06 bits per heavy atom. The largest absolute Gasteiger partial charge is 0.393 e. The van der Waals surface area contributed by atoms with Crippen LogP contribution in [0.4, 0.5) is 0 Å². The van der Waals surface area contributed by atoms with Crippen LogP contribution < -0.4 is 5.73 Å². The third kappa shape index (κ3) is 9.46. The fourth-order valence-electron chi connectivity index (χ4n) is 0.820. The molecule has 0 rings (SSSR count). The third-order valence-corrected chi connectivity index (χ3v) is 1.46. The van der Waals surface area contributed by atoms with Crippen LogP contribution in [0, 0.1) is 0 Å². The van der Waals surface area contributed by atoms with Crippen LogP contribution in [0.25, 0.3) is 0 Å². The Bertz CT molecular complexity index is 317. The van der Waals surface area contributed by atoms with Gasteiger partial charge in [-0.25, -0.2) is 4.79 Å². The molecule has 8 heteroatoms. The zero-order chi connectivity index (χ0) is 12.7. The lowest BCUT2D eigenvalue weighted by Gasteiger charge is -2.08. The highest BCUT2D eigenvalue weighted by Gasteiger charge is 2.19. The molecule has 0 heterocycles. The molecule has 0 aromatic carbocycles. The number of nitrogens with two attached hydrogens (primary N) is 1. The highest BCUT2D eigenvalue weighted by Crippen LogP contribution is 1.99. The van der Waals surface area contributed by atoms with Crippen molar-refractivity contribution in [3.05, 3.63) is 0 Å². The van der Waals surface area contributed by atoms with E-state index in [1.54, 1.807) is 0 Å². The maximum Gasteiger partial charge on any atom is 0.330 e. The quantitative estimate of drug-likeness (QED) is 0.549. The lowest BCUT2D eigenvalue weighted by Crippen LogP contribution is -2.34. The van der Waals surface area contributed by atoms with E-state index in [1.165, 1.54) is 0 Å². The molecule has 0 saturated carbocycles. The molecule has 0 aliphatic rings. The fraction of sp³-hybridized carbons (Fsp3) is 0.556. The third-order valence-electron chi connectivity index (χ3n) is 1.46. The number of hydrogen-bond acceptors (Lipinski definition) is 7. The number of carbonyl (C=O) groups is 4. The van der Waals surface area contributed by atoms with Crippen molar-refractivity contribution in [1.82, 2.24) is 0 Å². The normalized spacial score (nSPS) is 10.8. The molecular formula is C9H14ClNO6. The van der Waals surface area contributed by atoms with Gasteiger partial charge in [-0.15, -0.1) is 12.4 Å². The average molecular weight is 268 g/mol. The summed E-state index contributed by atoms with van der Waals surface area (Å²) in [6.45, 7) is 2.15. The first-order valence-corrected chi connectivity index (χ1v) is 4.52. The van der Waals surface area contributed by atoms with E-state index in [4.69, 9.17) is 5.73 Å². The Labute approximate surface area is 104 Å². The van der Waals surface area contributed by atoms with E-state index in [-0.39, 0.29) is 25.2 Å². The van der Waals surface area contributed by atoms with Gasteiger partial charge in [0.25, 0.3) is 0 Å². The minimum absolute atomic E-state index is 0. The summed E-state index contributed by atoms with van der Waals surface area (Å²) in [4.78, 5) is 42.7. The minimum atomic E-state index is -1.09. The number of rotatable bonds is 4. The minimum Gasteiger partial charge on any atom is -0.393 e. The van der Waals surface area contributed by atoms with Gasteiger partial charge in [-0.05, 0) is 6.42 Å². The van der Waals surface area contributed by atoms with Gasteiger partial charge in [-0.2, -0.15) is 0 Å². The molecule has 0 saturated heterocycles. The Kier molecular flexibility index (Phi) is 9.12. The molecule has 0 amide bonds. The van der Waals surface area contributed by atoms with Crippen molar-refractivity contribution in [1.29, 1.82) is 0 Å². The van der Waals surface area contributed by atoms with Gasteiger partial charge in [-0.3, -0.25) is 14.4 Å². The number of carbonyl (C=O) groups excluding carboxylic acids is 4. The summed E-state index contributed by atoms with van der Waals surface area (Å²) < 4.78 is 8.41. The predicted octanol–water partition coefficient (Wildman–Crippen LogP) is -0.305. The predicted molar refractivity (Wildman–Crippen MR) is 58.0 cm³/mol. The van der Waals surface area contributed by atoms with Crippen LogP contribution in [0.2, 0.25) is 0 Å². The summed E-state index contributed by atoms with van der Waals surface area (Å²) in [6, 6.07) is -1.09. The second kappa shape index (κ2) is 8.66. The lowest BCUT2D eigenvalue weighted by atomic mass is 10.2. The number of esters is 4. The molecule has 7 nitrogen and oxygen atoms in total. The van der Waals surface area contributed by atoms with E-state index in [0.717, 1.165) is 13.8 Å². The van der Waals surface area contributed by atoms with Gasteiger partial charge in [0.1, 0.15) is 6.04 Å². The van der Waals surface area contributed by atoms with Gasteiger partial charge in [0.2, 0.25) is 0 Å². The van der Waals surface area contributed by atoms with Crippen molar-refractivity contribution in [2.75, 3.05) is 0 Å². The van der Waals surface area contributed by atoms with Crippen LogP contribution in [-0.2, 0) is 28.7 Å². The zero-order valence-corrected chi connectivity index (χ0v) is 10.2. The van der Waals surface area contributed by atoms with E-state index >= 15 is 0 Å². The highest BCUT2D eigenvalue weighted by molar-refractivity contribution is 5.88. The fourth-order valence-corrected chi connectivity index (χ4v) is 0.820. The van der Waals surface area contributed by atoms with Gasteiger partial charge >= 0.3 is 23.9 Å². The molecule has 0 aromatic rings. The molecule has 0 aromatic heterocycles. The summed E-state index contributed by atoms with van der Waals surface area (Å²) >= 11 is 0. The topological polar surface area (TPSA) is 113 Å². The standard InChI is InChI=1S/C9H13NO6.ClH/c1-5(11)15-8(13)4-3-7(10)9(14)16-6(2)12;/h7H,3-4,10H2,1-2H3;1H/t7-;/m0./s1. The number of hydrogen-bond donors (Lipinski definition) is 1. The molecule has 2 N–H and O–H groups in total. The van der Waals surface area contributed by atoms with E-state index in [9.17, 15) is 19.2 Å². The van der Waals surface area contributed by atoms with Gasteiger partial charge in [-0.1, -0.05) is 0 Å². The molecule has 0 aliphatic carbocycles. The summed E-state index contributed by atoms with van der Waals surface area (Å²) in [5.74, 6) is -3.20. The monoisotopic (exact) mass is 267 g/mol. The van der Waals surface area contributed by atoms with Crippen molar-refractivity contribution in [2.24, 2.45) is 5.73 Å². The zero-order valence-electron chi connectivity index (χ0n) is 9.43. The SMILES string of the molecule is CC(=O)OC(=O)CC[C@H](N)C(=O)OC(C)=O.Cl.